The highest BCUT2D eigenvalue weighted by molar-refractivity contribution is 7.89. The first-order valence-corrected chi connectivity index (χ1v) is 5.28. The molecule has 0 aromatic heterocycles. The topological polar surface area (TPSA) is 74.7 Å². The van der Waals surface area contributed by atoms with Gasteiger partial charge in [-0.25, -0.2) is 8.42 Å². The second-order valence-corrected chi connectivity index (χ2v) is 4.84. The molecule has 5 nitrogen and oxygen atoms in total. The van der Waals surface area contributed by atoms with Gasteiger partial charge in [0, 0.05) is 6.54 Å². The van der Waals surface area contributed by atoms with E-state index in [4.69, 9.17) is 5.11 Å². The lowest BCUT2D eigenvalue weighted by atomic mass is 10.3. The average Bonchev–Trinajstić information content (AvgIpc) is 2.27. The van der Waals surface area contributed by atoms with Crippen molar-refractivity contribution in [1.29, 1.82) is 0 Å². The summed E-state index contributed by atoms with van der Waals surface area (Å²) in [6.45, 7) is 1.71. The minimum Gasteiger partial charge on any atom is -0.480 e. The Kier molecular flexibility index (Phi) is 2.39. The van der Waals surface area contributed by atoms with E-state index in [1.165, 1.54) is 6.92 Å². The second-order valence-electron chi connectivity index (χ2n) is 2.79. The molecule has 12 heavy (non-hydrogen) atoms. The molecular weight excluding hydrogens is 182 g/mol. The van der Waals surface area contributed by atoms with Crippen LogP contribution in [0.2, 0.25) is 0 Å². The minimum atomic E-state index is -3.28. The zero-order chi connectivity index (χ0) is 9.35. The lowest BCUT2D eigenvalue weighted by Crippen LogP contribution is -2.39. The van der Waals surface area contributed by atoms with Gasteiger partial charge in [-0.3, -0.25) is 4.79 Å². The van der Waals surface area contributed by atoms with E-state index in [0.29, 0.717) is 13.0 Å². The van der Waals surface area contributed by atoms with E-state index in [0.717, 1.165) is 4.31 Å². The summed E-state index contributed by atoms with van der Waals surface area (Å²) < 4.78 is 23.4. The predicted octanol–water partition coefficient (Wildman–Crippen LogP) is -0.505. The molecule has 0 aromatic carbocycles. The monoisotopic (exact) mass is 193 g/mol. The molecule has 0 aromatic rings. The number of nitrogens with zero attached hydrogens (tertiary/aromatic N) is 1. The third-order valence-corrected chi connectivity index (χ3v) is 3.95. The lowest BCUT2D eigenvalue weighted by molar-refractivity contribution is -0.140. The summed E-state index contributed by atoms with van der Waals surface area (Å²) in [4.78, 5) is 10.5. The Hall–Kier alpha value is -0.620. The highest BCUT2D eigenvalue weighted by atomic mass is 32.2. The van der Waals surface area contributed by atoms with Crippen molar-refractivity contribution >= 4 is 16.0 Å². The highest BCUT2D eigenvalue weighted by Crippen LogP contribution is 2.16. The van der Waals surface area contributed by atoms with Gasteiger partial charge < -0.3 is 5.11 Å². The van der Waals surface area contributed by atoms with Crippen LogP contribution >= 0.6 is 0 Å². The number of hydrogen-bond acceptors (Lipinski definition) is 3. The fourth-order valence-corrected chi connectivity index (χ4v) is 2.92. The van der Waals surface area contributed by atoms with Crippen molar-refractivity contribution < 1.29 is 18.3 Å². The Morgan fingerprint density at radius 2 is 2.17 bits per heavy atom. The Morgan fingerprint density at radius 1 is 1.58 bits per heavy atom. The Bertz CT molecular complexity index is 284. The largest absolute Gasteiger partial charge is 0.480 e. The molecule has 1 fully saturated rings. The van der Waals surface area contributed by atoms with Crippen LogP contribution in [-0.4, -0.2) is 42.1 Å². The van der Waals surface area contributed by atoms with Gasteiger partial charge in [0.1, 0.15) is 6.04 Å². The van der Waals surface area contributed by atoms with Gasteiger partial charge in [0.05, 0.1) is 5.75 Å². The quantitative estimate of drug-likeness (QED) is 0.641. The zero-order valence-electron chi connectivity index (χ0n) is 6.73. The van der Waals surface area contributed by atoms with Crippen LogP contribution in [0.3, 0.4) is 0 Å². The molecule has 6 heteroatoms. The van der Waals surface area contributed by atoms with E-state index in [1.807, 2.05) is 0 Å². The standard InChI is InChI=1S/C6H11NO4S/c1-5(6(8)9)7-3-2-4-12(7,10)11/h5H,2-4H2,1H3,(H,8,9)/t5-/m1/s1. The average molecular weight is 193 g/mol. The van der Waals surface area contributed by atoms with E-state index < -0.39 is 22.0 Å². The second kappa shape index (κ2) is 3.02. The fourth-order valence-electron chi connectivity index (χ4n) is 1.22. The Balaban J connectivity index is 2.83. The predicted molar refractivity (Wildman–Crippen MR) is 42.2 cm³/mol. The lowest BCUT2D eigenvalue weighted by Gasteiger charge is -2.18. The van der Waals surface area contributed by atoms with Crippen molar-refractivity contribution in [2.24, 2.45) is 0 Å². The van der Waals surface area contributed by atoms with Crippen LogP contribution in [0.25, 0.3) is 0 Å². The molecule has 1 N–H and O–H groups in total. The molecule has 0 saturated carbocycles. The van der Waals surface area contributed by atoms with Gasteiger partial charge in [-0.05, 0) is 13.3 Å². The van der Waals surface area contributed by atoms with Gasteiger partial charge in [-0.2, -0.15) is 4.31 Å². The van der Waals surface area contributed by atoms with Gasteiger partial charge in [0.25, 0.3) is 0 Å². The third kappa shape index (κ3) is 1.59. The first kappa shape index (κ1) is 9.47. The van der Waals surface area contributed by atoms with Gasteiger partial charge in [-0.15, -0.1) is 0 Å². The minimum absolute atomic E-state index is 0.0740. The number of aliphatic carboxylic acids is 1. The molecule has 0 spiro atoms. The number of hydrogen-bond donors (Lipinski definition) is 1. The maximum absolute atomic E-state index is 11.2. The Morgan fingerprint density at radius 3 is 2.50 bits per heavy atom. The van der Waals surface area contributed by atoms with E-state index in [9.17, 15) is 13.2 Å². The SMILES string of the molecule is C[C@H](C(=O)O)N1CCCS1(=O)=O. The van der Waals surface area contributed by atoms with Crippen molar-refractivity contribution in [3.63, 3.8) is 0 Å². The molecule has 70 valence electrons. The molecule has 1 atom stereocenters. The third-order valence-electron chi connectivity index (χ3n) is 1.93. The van der Waals surface area contributed by atoms with Crippen LogP contribution in [0.5, 0.6) is 0 Å². The number of rotatable bonds is 2. The van der Waals surface area contributed by atoms with Crippen LogP contribution < -0.4 is 0 Å². The van der Waals surface area contributed by atoms with Crippen molar-refractivity contribution in [1.82, 2.24) is 4.31 Å². The zero-order valence-corrected chi connectivity index (χ0v) is 7.54. The maximum Gasteiger partial charge on any atom is 0.321 e. The van der Waals surface area contributed by atoms with Crippen molar-refractivity contribution in [3.8, 4) is 0 Å². The van der Waals surface area contributed by atoms with Crippen molar-refractivity contribution in [2.45, 2.75) is 19.4 Å². The first-order valence-electron chi connectivity index (χ1n) is 3.67. The first-order chi connectivity index (χ1) is 5.45. The van der Waals surface area contributed by atoms with E-state index >= 15 is 0 Å². The maximum atomic E-state index is 11.2. The molecule has 1 rings (SSSR count). The van der Waals surface area contributed by atoms with E-state index in [1.54, 1.807) is 0 Å². The summed E-state index contributed by atoms with van der Waals surface area (Å²) in [6, 6.07) is -0.933. The summed E-state index contributed by atoms with van der Waals surface area (Å²) in [7, 11) is -3.28. The normalized spacial score (nSPS) is 25.4. The molecule has 0 unspecified atom stereocenters. The summed E-state index contributed by atoms with van der Waals surface area (Å²) in [5, 5.41) is 8.57. The smallest absolute Gasteiger partial charge is 0.321 e. The molecule has 0 radical (unpaired) electrons. The molecule has 0 amide bonds. The van der Waals surface area contributed by atoms with Crippen molar-refractivity contribution in [3.05, 3.63) is 0 Å². The molecule has 1 aliphatic rings. The summed E-state index contributed by atoms with van der Waals surface area (Å²) >= 11 is 0. The van der Waals surface area contributed by atoms with Crippen LogP contribution in [0.4, 0.5) is 0 Å². The van der Waals surface area contributed by atoms with Gasteiger partial charge in [0.15, 0.2) is 0 Å². The molecule has 0 bridgehead atoms. The van der Waals surface area contributed by atoms with Gasteiger partial charge in [0.2, 0.25) is 10.0 Å². The Labute approximate surface area is 71.0 Å². The molecule has 1 aliphatic heterocycles. The van der Waals surface area contributed by atoms with Crippen LogP contribution in [-0.2, 0) is 14.8 Å². The van der Waals surface area contributed by atoms with Crippen LogP contribution in [0.1, 0.15) is 13.3 Å². The number of sulfonamides is 1. The summed E-state index contributed by atoms with van der Waals surface area (Å²) in [6.07, 6.45) is 0.528. The van der Waals surface area contributed by atoms with E-state index in [-0.39, 0.29) is 5.75 Å². The number of carboxylic acids is 1. The molecule has 1 saturated heterocycles. The van der Waals surface area contributed by atoms with E-state index in [2.05, 4.69) is 0 Å². The highest BCUT2D eigenvalue weighted by Gasteiger charge is 2.35. The van der Waals surface area contributed by atoms with Gasteiger partial charge >= 0.3 is 5.97 Å². The van der Waals surface area contributed by atoms with Crippen LogP contribution in [0, 0.1) is 0 Å². The number of carbonyl (C=O) groups is 1. The summed E-state index contributed by atoms with van der Waals surface area (Å²) in [5.74, 6) is -1.02. The van der Waals surface area contributed by atoms with Crippen molar-refractivity contribution in [2.75, 3.05) is 12.3 Å². The molecule has 0 aliphatic carbocycles. The van der Waals surface area contributed by atoms with Crippen LogP contribution in [0.15, 0.2) is 0 Å². The van der Waals surface area contributed by atoms with Gasteiger partial charge in [-0.1, -0.05) is 0 Å². The number of carboxylic acid groups (broad SMARTS) is 1. The summed E-state index contributed by atoms with van der Waals surface area (Å²) in [5.41, 5.74) is 0. The molecule has 1 heterocycles. The molecular formula is C6H11NO4S. The fraction of sp³-hybridized carbons (Fsp3) is 0.833.